The summed E-state index contributed by atoms with van der Waals surface area (Å²) in [5.41, 5.74) is 2.30. The Morgan fingerprint density at radius 2 is 1.84 bits per heavy atom. The number of para-hydroxylation sites is 1. The summed E-state index contributed by atoms with van der Waals surface area (Å²) in [6.45, 7) is 0. The second-order valence-corrected chi connectivity index (χ2v) is 5.99. The van der Waals surface area contributed by atoms with E-state index in [4.69, 9.17) is 9.47 Å². The Balaban J connectivity index is 1.72. The molecular weight excluding hydrogens is 316 g/mol. The van der Waals surface area contributed by atoms with E-state index in [0.717, 1.165) is 29.4 Å². The van der Waals surface area contributed by atoms with Gasteiger partial charge in [0.15, 0.2) is 0 Å². The molecule has 0 aliphatic carbocycles. The average Bonchev–Trinajstić information content (AvgIpc) is 3.16. The Morgan fingerprint density at radius 1 is 1.04 bits per heavy atom. The van der Waals surface area contributed by atoms with Crippen LogP contribution in [0.3, 0.4) is 0 Å². The van der Waals surface area contributed by atoms with E-state index in [0.29, 0.717) is 0 Å². The Bertz CT molecular complexity index is 860. The van der Waals surface area contributed by atoms with Crippen LogP contribution in [0, 0.1) is 0 Å². The minimum atomic E-state index is 0.0574. The summed E-state index contributed by atoms with van der Waals surface area (Å²) in [7, 11) is 3.37. The fourth-order valence-electron chi connectivity index (χ4n) is 3.38. The van der Waals surface area contributed by atoms with Crippen molar-refractivity contribution in [2.45, 2.75) is 18.5 Å². The number of nitrogens with zero attached hydrogens (tertiary/aromatic N) is 3. The molecule has 128 valence electrons. The van der Waals surface area contributed by atoms with E-state index >= 15 is 0 Å². The molecule has 2 heterocycles. The van der Waals surface area contributed by atoms with Crippen LogP contribution in [-0.4, -0.2) is 29.0 Å². The number of hydrogen-bond acceptors (Lipinski definition) is 5. The predicted octanol–water partition coefficient (Wildman–Crippen LogP) is 3.44. The third kappa shape index (κ3) is 2.80. The van der Waals surface area contributed by atoms with E-state index in [9.17, 15) is 0 Å². The molecule has 0 spiro atoms. The van der Waals surface area contributed by atoms with Crippen LogP contribution >= 0.6 is 0 Å². The SMILES string of the molecule is COc1ccc([C@H]2C[C@@H](c3ccccc3OC)n3ncnc3N2)cc1. The molecule has 0 saturated carbocycles. The monoisotopic (exact) mass is 336 g/mol. The zero-order valence-corrected chi connectivity index (χ0v) is 14.2. The molecule has 1 aliphatic heterocycles. The van der Waals surface area contributed by atoms with E-state index in [-0.39, 0.29) is 12.1 Å². The van der Waals surface area contributed by atoms with Gasteiger partial charge in [-0.25, -0.2) is 4.68 Å². The Kier molecular flexibility index (Phi) is 4.01. The molecule has 0 bridgehead atoms. The standard InChI is InChI=1S/C19H20N4O2/c1-24-14-9-7-13(8-10-14)16-11-17(23-19(22-16)20-12-21-23)15-5-3-4-6-18(15)25-2/h3-10,12,16-17H,11H2,1-2H3,(H,20,21,22)/t16-,17+/m1/s1. The van der Waals surface area contributed by atoms with Gasteiger partial charge in [0.05, 0.1) is 26.3 Å². The van der Waals surface area contributed by atoms with Crippen molar-refractivity contribution in [2.24, 2.45) is 0 Å². The first-order valence-corrected chi connectivity index (χ1v) is 8.23. The Morgan fingerprint density at radius 3 is 2.60 bits per heavy atom. The van der Waals surface area contributed by atoms with Crippen molar-refractivity contribution in [3.05, 3.63) is 66.0 Å². The van der Waals surface area contributed by atoms with Gasteiger partial charge in [-0.3, -0.25) is 0 Å². The van der Waals surface area contributed by atoms with Crippen molar-refractivity contribution >= 4 is 5.95 Å². The molecule has 0 unspecified atom stereocenters. The smallest absolute Gasteiger partial charge is 0.222 e. The van der Waals surface area contributed by atoms with Gasteiger partial charge < -0.3 is 14.8 Å². The van der Waals surface area contributed by atoms with Gasteiger partial charge >= 0.3 is 0 Å². The highest BCUT2D eigenvalue weighted by atomic mass is 16.5. The molecule has 0 radical (unpaired) electrons. The van der Waals surface area contributed by atoms with E-state index in [1.807, 2.05) is 35.0 Å². The Hall–Kier alpha value is -3.02. The van der Waals surface area contributed by atoms with E-state index in [1.54, 1.807) is 20.5 Å². The lowest BCUT2D eigenvalue weighted by Crippen LogP contribution is -2.28. The highest BCUT2D eigenvalue weighted by molar-refractivity contribution is 5.43. The lowest BCUT2D eigenvalue weighted by Gasteiger charge is -2.32. The van der Waals surface area contributed by atoms with Crippen LogP contribution in [0.25, 0.3) is 0 Å². The minimum Gasteiger partial charge on any atom is -0.497 e. The zero-order chi connectivity index (χ0) is 17.2. The molecule has 25 heavy (non-hydrogen) atoms. The van der Waals surface area contributed by atoms with Gasteiger partial charge in [-0.1, -0.05) is 30.3 Å². The van der Waals surface area contributed by atoms with Gasteiger partial charge in [0, 0.05) is 5.56 Å². The molecule has 1 aromatic heterocycles. The lowest BCUT2D eigenvalue weighted by atomic mass is 9.93. The lowest BCUT2D eigenvalue weighted by molar-refractivity contribution is 0.379. The van der Waals surface area contributed by atoms with Crippen LogP contribution in [0.1, 0.15) is 29.6 Å². The Labute approximate surface area is 146 Å². The van der Waals surface area contributed by atoms with Crippen LogP contribution in [0.2, 0.25) is 0 Å². The maximum Gasteiger partial charge on any atom is 0.222 e. The third-order valence-corrected chi connectivity index (χ3v) is 4.65. The summed E-state index contributed by atoms with van der Waals surface area (Å²) in [6.07, 6.45) is 2.43. The fraction of sp³-hybridized carbons (Fsp3) is 0.263. The minimum absolute atomic E-state index is 0.0574. The van der Waals surface area contributed by atoms with E-state index < -0.39 is 0 Å². The fourth-order valence-corrected chi connectivity index (χ4v) is 3.38. The van der Waals surface area contributed by atoms with Gasteiger partial charge in [0.1, 0.15) is 17.8 Å². The molecule has 0 saturated heterocycles. The van der Waals surface area contributed by atoms with Gasteiger partial charge in [-0.05, 0) is 30.2 Å². The second kappa shape index (κ2) is 6.47. The number of hydrogen-bond donors (Lipinski definition) is 1. The summed E-state index contributed by atoms with van der Waals surface area (Å²) in [4.78, 5) is 4.37. The van der Waals surface area contributed by atoms with Gasteiger partial charge in [-0.2, -0.15) is 10.1 Å². The number of ether oxygens (including phenoxy) is 2. The quantitative estimate of drug-likeness (QED) is 0.791. The largest absolute Gasteiger partial charge is 0.497 e. The second-order valence-electron chi connectivity index (χ2n) is 5.99. The van der Waals surface area contributed by atoms with Crippen LogP contribution in [0.5, 0.6) is 11.5 Å². The summed E-state index contributed by atoms with van der Waals surface area (Å²) in [5.74, 6) is 2.48. The highest BCUT2D eigenvalue weighted by Crippen LogP contribution is 2.40. The molecule has 2 aromatic carbocycles. The summed E-state index contributed by atoms with van der Waals surface area (Å²) >= 11 is 0. The number of nitrogens with one attached hydrogen (secondary N) is 1. The maximum atomic E-state index is 5.56. The first-order valence-electron chi connectivity index (χ1n) is 8.23. The van der Waals surface area contributed by atoms with Crippen molar-refractivity contribution in [1.29, 1.82) is 0 Å². The van der Waals surface area contributed by atoms with Gasteiger partial charge in [-0.15, -0.1) is 0 Å². The number of benzene rings is 2. The molecule has 4 rings (SSSR count). The van der Waals surface area contributed by atoms with Gasteiger partial charge in [0.25, 0.3) is 0 Å². The van der Waals surface area contributed by atoms with Crippen molar-refractivity contribution in [3.8, 4) is 11.5 Å². The number of aromatic nitrogens is 3. The highest BCUT2D eigenvalue weighted by Gasteiger charge is 2.31. The van der Waals surface area contributed by atoms with Crippen molar-refractivity contribution < 1.29 is 9.47 Å². The van der Waals surface area contributed by atoms with Crippen LogP contribution in [0.15, 0.2) is 54.9 Å². The molecule has 6 nitrogen and oxygen atoms in total. The molecular formula is C19H20N4O2. The maximum absolute atomic E-state index is 5.56. The molecule has 6 heteroatoms. The van der Waals surface area contributed by atoms with E-state index in [2.05, 4.69) is 33.6 Å². The first-order chi connectivity index (χ1) is 12.3. The molecule has 0 fully saturated rings. The number of rotatable bonds is 4. The summed E-state index contributed by atoms with van der Waals surface area (Å²) in [6, 6.07) is 16.4. The molecule has 0 amide bonds. The topological polar surface area (TPSA) is 61.2 Å². The van der Waals surface area contributed by atoms with Crippen LogP contribution in [0.4, 0.5) is 5.95 Å². The van der Waals surface area contributed by atoms with Crippen molar-refractivity contribution in [3.63, 3.8) is 0 Å². The number of fused-ring (bicyclic) bond motifs is 1. The molecule has 1 N–H and O–H groups in total. The summed E-state index contributed by atoms with van der Waals surface area (Å²) in [5, 5.41) is 7.89. The third-order valence-electron chi connectivity index (χ3n) is 4.65. The number of anilines is 1. The average molecular weight is 336 g/mol. The normalized spacial score (nSPS) is 19.0. The van der Waals surface area contributed by atoms with Crippen LogP contribution in [-0.2, 0) is 0 Å². The number of methoxy groups -OCH3 is 2. The van der Waals surface area contributed by atoms with E-state index in [1.165, 1.54) is 5.56 Å². The zero-order valence-electron chi connectivity index (χ0n) is 14.2. The van der Waals surface area contributed by atoms with Crippen LogP contribution < -0.4 is 14.8 Å². The summed E-state index contributed by atoms with van der Waals surface area (Å²) < 4.78 is 12.7. The molecule has 1 aliphatic rings. The predicted molar refractivity (Wildman–Crippen MR) is 95.1 cm³/mol. The van der Waals surface area contributed by atoms with Gasteiger partial charge in [0.2, 0.25) is 5.95 Å². The first kappa shape index (κ1) is 15.5. The molecule has 3 aromatic rings. The van der Waals surface area contributed by atoms with Crippen molar-refractivity contribution in [2.75, 3.05) is 19.5 Å². The van der Waals surface area contributed by atoms with Crippen molar-refractivity contribution in [1.82, 2.24) is 14.8 Å². The molecule has 2 atom stereocenters.